The Bertz CT molecular complexity index is 591. The van der Waals surface area contributed by atoms with Crippen molar-refractivity contribution < 1.29 is 9.18 Å². The molecule has 3 nitrogen and oxygen atoms in total. The Kier molecular flexibility index (Phi) is 4.93. The van der Waals surface area contributed by atoms with Crippen LogP contribution >= 0.6 is 0 Å². The number of urea groups is 1. The molecular formula is C17H19FN2O. The van der Waals surface area contributed by atoms with Gasteiger partial charge in [0.1, 0.15) is 5.82 Å². The third-order valence-corrected chi connectivity index (χ3v) is 2.96. The van der Waals surface area contributed by atoms with E-state index in [-0.39, 0.29) is 11.8 Å². The van der Waals surface area contributed by atoms with Crippen molar-refractivity contribution in [3.63, 3.8) is 0 Å². The second-order valence-electron chi connectivity index (χ2n) is 5.38. The molecule has 4 heteroatoms. The summed E-state index contributed by atoms with van der Waals surface area (Å²) in [5.41, 5.74) is 2.52. The number of amides is 2. The average Bonchev–Trinajstić information content (AvgIpc) is 2.43. The Morgan fingerprint density at radius 3 is 1.90 bits per heavy atom. The standard InChI is InChI=1S/C17H19FN2O/c1-12(2)11-13-3-7-15(8-4-13)19-17(21)20-16-9-5-14(18)6-10-16/h3-10,12H,11H2,1-2H3,(H2,19,20,21). The van der Waals surface area contributed by atoms with Gasteiger partial charge in [-0.25, -0.2) is 9.18 Å². The number of benzene rings is 2. The van der Waals surface area contributed by atoms with E-state index in [1.54, 1.807) is 0 Å². The fourth-order valence-corrected chi connectivity index (χ4v) is 2.02. The minimum atomic E-state index is -0.349. The van der Waals surface area contributed by atoms with Gasteiger partial charge in [-0.15, -0.1) is 0 Å². The van der Waals surface area contributed by atoms with Crippen molar-refractivity contribution in [1.29, 1.82) is 0 Å². The number of nitrogens with one attached hydrogen (secondary N) is 2. The molecule has 0 aliphatic heterocycles. The van der Waals surface area contributed by atoms with Crippen LogP contribution in [0.2, 0.25) is 0 Å². The third kappa shape index (κ3) is 4.91. The first-order valence-corrected chi connectivity index (χ1v) is 6.95. The lowest BCUT2D eigenvalue weighted by molar-refractivity contribution is 0.262. The molecule has 0 heterocycles. The van der Waals surface area contributed by atoms with Crippen LogP contribution in [0.15, 0.2) is 48.5 Å². The van der Waals surface area contributed by atoms with Gasteiger partial charge in [0.15, 0.2) is 0 Å². The predicted molar refractivity (Wildman–Crippen MR) is 84.0 cm³/mol. The number of anilines is 2. The van der Waals surface area contributed by atoms with Gasteiger partial charge in [0.25, 0.3) is 0 Å². The molecule has 0 atom stereocenters. The molecule has 0 spiro atoms. The molecule has 0 aliphatic rings. The quantitative estimate of drug-likeness (QED) is 0.842. The molecule has 0 radical (unpaired) electrons. The molecule has 2 aromatic rings. The van der Waals surface area contributed by atoms with Crippen LogP contribution in [-0.4, -0.2) is 6.03 Å². The summed E-state index contributed by atoms with van der Waals surface area (Å²) in [4.78, 5) is 11.8. The summed E-state index contributed by atoms with van der Waals surface area (Å²) in [7, 11) is 0. The Hall–Kier alpha value is -2.36. The van der Waals surface area contributed by atoms with Crippen molar-refractivity contribution >= 4 is 17.4 Å². The van der Waals surface area contributed by atoms with Crippen LogP contribution in [-0.2, 0) is 6.42 Å². The van der Waals surface area contributed by atoms with Crippen molar-refractivity contribution in [1.82, 2.24) is 0 Å². The van der Waals surface area contributed by atoms with Crippen LogP contribution in [0.4, 0.5) is 20.6 Å². The maximum absolute atomic E-state index is 12.8. The van der Waals surface area contributed by atoms with E-state index in [2.05, 4.69) is 24.5 Å². The zero-order valence-corrected chi connectivity index (χ0v) is 12.2. The van der Waals surface area contributed by atoms with Gasteiger partial charge in [-0.2, -0.15) is 0 Å². The minimum Gasteiger partial charge on any atom is -0.308 e. The Balaban J connectivity index is 1.91. The van der Waals surface area contributed by atoms with E-state index in [1.165, 1.54) is 29.8 Å². The number of carbonyl (C=O) groups is 1. The van der Waals surface area contributed by atoms with Crippen molar-refractivity contribution in [2.45, 2.75) is 20.3 Å². The van der Waals surface area contributed by atoms with E-state index < -0.39 is 0 Å². The first-order valence-electron chi connectivity index (χ1n) is 6.95. The average molecular weight is 286 g/mol. The Morgan fingerprint density at radius 1 is 0.952 bits per heavy atom. The molecule has 0 aromatic heterocycles. The molecule has 110 valence electrons. The topological polar surface area (TPSA) is 41.1 Å². The molecule has 2 aromatic carbocycles. The second kappa shape index (κ2) is 6.88. The lowest BCUT2D eigenvalue weighted by atomic mass is 10.0. The summed E-state index contributed by atoms with van der Waals surface area (Å²) in [6.45, 7) is 4.34. The maximum Gasteiger partial charge on any atom is 0.323 e. The fourth-order valence-electron chi connectivity index (χ4n) is 2.02. The van der Waals surface area contributed by atoms with Crippen LogP contribution in [0.3, 0.4) is 0 Å². The van der Waals surface area contributed by atoms with Gasteiger partial charge in [0.05, 0.1) is 0 Å². The molecule has 0 bridgehead atoms. The summed E-state index contributed by atoms with van der Waals surface area (Å²) < 4.78 is 12.8. The van der Waals surface area contributed by atoms with Gasteiger partial charge < -0.3 is 10.6 Å². The van der Waals surface area contributed by atoms with E-state index in [0.717, 1.165) is 12.1 Å². The van der Waals surface area contributed by atoms with E-state index in [1.807, 2.05) is 24.3 Å². The van der Waals surface area contributed by atoms with Gasteiger partial charge in [0, 0.05) is 11.4 Å². The van der Waals surface area contributed by atoms with Crippen molar-refractivity contribution in [3.05, 3.63) is 59.9 Å². The molecule has 21 heavy (non-hydrogen) atoms. The van der Waals surface area contributed by atoms with Gasteiger partial charge in [-0.1, -0.05) is 26.0 Å². The summed E-state index contributed by atoms with van der Waals surface area (Å²) in [5, 5.41) is 5.39. The highest BCUT2D eigenvalue weighted by atomic mass is 19.1. The Labute approximate surface area is 124 Å². The maximum atomic E-state index is 12.8. The predicted octanol–water partition coefficient (Wildman–Crippen LogP) is 4.67. The van der Waals surface area contributed by atoms with Crippen molar-refractivity contribution in [3.8, 4) is 0 Å². The van der Waals surface area contributed by atoms with Gasteiger partial charge in [0.2, 0.25) is 0 Å². The number of hydrogen-bond acceptors (Lipinski definition) is 1. The van der Waals surface area contributed by atoms with E-state index in [4.69, 9.17) is 0 Å². The normalized spacial score (nSPS) is 10.5. The van der Waals surface area contributed by atoms with Crippen LogP contribution in [0.25, 0.3) is 0 Å². The molecular weight excluding hydrogens is 267 g/mol. The highest BCUT2D eigenvalue weighted by molar-refractivity contribution is 5.99. The molecule has 2 N–H and O–H groups in total. The molecule has 0 saturated heterocycles. The molecule has 0 unspecified atom stereocenters. The number of carbonyl (C=O) groups excluding carboxylic acids is 1. The largest absolute Gasteiger partial charge is 0.323 e. The van der Waals surface area contributed by atoms with Gasteiger partial charge in [-0.3, -0.25) is 0 Å². The Morgan fingerprint density at radius 2 is 1.43 bits per heavy atom. The third-order valence-electron chi connectivity index (χ3n) is 2.96. The van der Waals surface area contributed by atoms with Crippen LogP contribution in [0, 0.1) is 11.7 Å². The lowest BCUT2D eigenvalue weighted by Gasteiger charge is -2.09. The van der Waals surface area contributed by atoms with Gasteiger partial charge in [-0.05, 0) is 54.3 Å². The number of rotatable bonds is 4. The van der Waals surface area contributed by atoms with Crippen molar-refractivity contribution in [2.24, 2.45) is 5.92 Å². The van der Waals surface area contributed by atoms with Crippen LogP contribution in [0.1, 0.15) is 19.4 Å². The van der Waals surface area contributed by atoms with E-state index >= 15 is 0 Å². The monoisotopic (exact) mass is 286 g/mol. The molecule has 0 saturated carbocycles. The number of hydrogen-bond donors (Lipinski definition) is 2. The first-order chi connectivity index (χ1) is 10.0. The summed E-state index contributed by atoms with van der Waals surface area (Å²) in [5.74, 6) is 0.271. The molecule has 0 fully saturated rings. The van der Waals surface area contributed by atoms with E-state index in [9.17, 15) is 9.18 Å². The zero-order chi connectivity index (χ0) is 15.2. The summed E-state index contributed by atoms with van der Waals surface area (Å²) in [6.07, 6.45) is 1.02. The van der Waals surface area contributed by atoms with E-state index in [0.29, 0.717) is 11.6 Å². The molecule has 0 aliphatic carbocycles. The SMILES string of the molecule is CC(C)Cc1ccc(NC(=O)Nc2ccc(F)cc2)cc1. The molecule has 2 amide bonds. The summed E-state index contributed by atoms with van der Waals surface area (Å²) >= 11 is 0. The highest BCUT2D eigenvalue weighted by Gasteiger charge is 2.03. The smallest absolute Gasteiger partial charge is 0.308 e. The highest BCUT2D eigenvalue weighted by Crippen LogP contribution is 2.14. The van der Waals surface area contributed by atoms with Gasteiger partial charge >= 0.3 is 6.03 Å². The van der Waals surface area contributed by atoms with Crippen LogP contribution < -0.4 is 10.6 Å². The summed E-state index contributed by atoms with van der Waals surface area (Å²) in [6, 6.07) is 13.1. The second-order valence-corrected chi connectivity index (χ2v) is 5.38. The number of halogens is 1. The zero-order valence-electron chi connectivity index (χ0n) is 12.2. The van der Waals surface area contributed by atoms with Crippen molar-refractivity contribution in [2.75, 3.05) is 10.6 Å². The lowest BCUT2D eigenvalue weighted by Crippen LogP contribution is -2.19. The van der Waals surface area contributed by atoms with Crippen LogP contribution in [0.5, 0.6) is 0 Å². The minimum absolute atomic E-state index is 0.332. The molecule has 2 rings (SSSR count). The fraction of sp³-hybridized carbons (Fsp3) is 0.235. The first kappa shape index (κ1) is 15.0.